The van der Waals surface area contributed by atoms with Gasteiger partial charge in [-0.3, -0.25) is 0 Å². The summed E-state index contributed by atoms with van der Waals surface area (Å²) in [5, 5.41) is 0. The first-order chi connectivity index (χ1) is 3.79. The van der Waals surface area contributed by atoms with E-state index < -0.39 is 6.17 Å². The molecule has 1 fully saturated rings. The van der Waals surface area contributed by atoms with E-state index in [9.17, 15) is 4.39 Å². The highest BCUT2D eigenvalue weighted by Gasteiger charge is 2.16. The van der Waals surface area contributed by atoms with Crippen molar-refractivity contribution in [2.24, 2.45) is 5.92 Å². The van der Waals surface area contributed by atoms with Gasteiger partial charge in [-0.1, -0.05) is 19.8 Å². The zero-order valence-corrected chi connectivity index (χ0v) is 5.36. The monoisotopic (exact) mass is 116 g/mol. The molecule has 8 heavy (non-hydrogen) atoms. The molecule has 0 aromatic carbocycles. The van der Waals surface area contributed by atoms with Crippen LogP contribution in [0.15, 0.2) is 0 Å². The predicted molar refractivity (Wildman–Crippen MR) is 32.5 cm³/mol. The summed E-state index contributed by atoms with van der Waals surface area (Å²) in [6.07, 6.45) is 3.46. The minimum Gasteiger partial charge on any atom is -0.247 e. The Balaban J connectivity index is 2.23. The number of rotatable bonds is 0. The molecular weight excluding hydrogens is 103 g/mol. The standard InChI is InChI=1S/C7H13F/c1-6-3-2-4-7(8)5-6/h6-7H,2-5H2,1H3/t6-,7-/m1/s1. The summed E-state index contributed by atoms with van der Waals surface area (Å²) in [7, 11) is 0. The summed E-state index contributed by atoms with van der Waals surface area (Å²) in [5.41, 5.74) is 0. The molecule has 1 saturated carbocycles. The summed E-state index contributed by atoms with van der Waals surface area (Å²) in [6, 6.07) is 0. The largest absolute Gasteiger partial charge is 0.247 e. The molecule has 0 aliphatic heterocycles. The van der Waals surface area contributed by atoms with Gasteiger partial charge in [0.25, 0.3) is 0 Å². The molecule has 0 bridgehead atoms. The maximum absolute atomic E-state index is 12.4. The van der Waals surface area contributed by atoms with Crippen LogP contribution in [0.4, 0.5) is 4.39 Å². The summed E-state index contributed by atoms with van der Waals surface area (Å²) in [4.78, 5) is 0. The molecular formula is C7H13F. The average Bonchev–Trinajstić information content (AvgIpc) is 1.64. The molecule has 0 aromatic rings. The van der Waals surface area contributed by atoms with Gasteiger partial charge in [0.15, 0.2) is 0 Å². The first-order valence-electron chi connectivity index (χ1n) is 3.43. The number of halogens is 1. The second-order valence-electron chi connectivity index (χ2n) is 2.87. The molecule has 0 spiro atoms. The Kier molecular flexibility index (Phi) is 1.87. The normalized spacial score (nSPS) is 39.8. The Hall–Kier alpha value is -0.0700. The lowest BCUT2D eigenvalue weighted by molar-refractivity contribution is 0.208. The van der Waals surface area contributed by atoms with Crippen molar-refractivity contribution in [2.45, 2.75) is 38.8 Å². The molecule has 1 aliphatic rings. The van der Waals surface area contributed by atoms with Gasteiger partial charge < -0.3 is 0 Å². The van der Waals surface area contributed by atoms with Gasteiger partial charge in [0, 0.05) is 0 Å². The topological polar surface area (TPSA) is 0 Å². The van der Waals surface area contributed by atoms with Gasteiger partial charge in [0.1, 0.15) is 6.17 Å². The Morgan fingerprint density at radius 3 is 2.50 bits per heavy atom. The molecule has 0 amide bonds. The van der Waals surface area contributed by atoms with Crippen molar-refractivity contribution in [2.75, 3.05) is 0 Å². The zero-order valence-electron chi connectivity index (χ0n) is 5.36. The van der Waals surface area contributed by atoms with E-state index in [0.29, 0.717) is 5.92 Å². The highest BCUT2D eigenvalue weighted by atomic mass is 19.1. The van der Waals surface area contributed by atoms with E-state index in [2.05, 4.69) is 6.92 Å². The Bertz CT molecular complexity index is 62.8. The third-order valence-electron chi connectivity index (χ3n) is 1.87. The van der Waals surface area contributed by atoms with Crippen LogP contribution in [0.2, 0.25) is 0 Å². The molecule has 0 N–H and O–H groups in total. The Labute approximate surface area is 50.1 Å². The van der Waals surface area contributed by atoms with E-state index in [-0.39, 0.29) is 0 Å². The molecule has 1 aliphatic carbocycles. The van der Waals surface area contributed by atoms with Crippen molar-refractivity contribution in [1.29, 1.82) is 0 Å². The average molecular weight is 116 g/mol. The number of alkyl halides is 1. The molecule has 0 unspecified atom stereocenters. The molecule has 0 heterocycles. The lowest BCUT2D eigenvalue weighted by Gasteiger charge is -2.20. The SMILES string of the molecule is C[C@@H]1CCC[C@@H](F)C1. The minimum atomic E-state index is -0.487. The first kappa shape index (κ1) is 6.06. The van der Waals surface area contributed by atoms with Gasteiger partial charge in [0.05, 0.1) is 0 Å². The smallest absolute Gasteiger partial charge is 0.100 e. The fraction of sp³-hybridized carbons (Fsp3) is 1.00. The maximum atomic E-state index is 12.4. The summed E-state index contributed by atoms with van der Waals surface area (Å²) < 4.78 is 12.4. The van der Waals surface area contributed by atoms with Crippen LogP contribution >= 0.6 is 0 Å². The van der Waals surface area contributed by atoms with Gasteiger partial charge in [-0.2, -0.15) is 0 Å². The number of hydrogen-bond donors (Lipinski definition) is 0. The van der Waals surface area contributed by atoms with Crippen molar-refractivity contribution in [3.05, 3.63) is 0 Å². The Morgan fingerprint density at radius 1 is 1.38 bits per heavy atom. The molecule has 48 valence electrons. The highest BCUT2D eigenvalue weighted by molar-refractivity contribution is 4.68. The van der Waals surface area contributed by atoms with Gasteiger partial charge in [-0.15, -0.1) is 0 Å². The van der Waals surface area contributed by atoms with Crippen molar-refractivity contribution in [1.82, 2.24) is 0 Å². The minimum absolute atomic E-state index is 0.487. The van der Waals surface area contributed by atoms with Crippen LogP contribution in [0, 0.1) is 5.92 Å². The quantitative estimate of drug-likeness (QED) is 0.456. The van der Waals surface area contributed by atoms with E-state index in [1.807, 2.05) is 0 Å². The lowest BCUT2D eigenvalue weighted by atomic mass is 9.90. The second-order valence-corrected chi connectivity index (χ2v) is 2.87. The third-order valence-corrected chi connectivity index (χ3v) is 1.87. The fourth-order valence-corrected chi connectivity index (χ4v) is 1.36. The van der Waals surface area contributed by atoms with Crippen LogP contribution < -0.4 is 0 Å². The second kappa shape index (κ2) is 2.47. The van der Waals surface area contributed by atoms with Crippen LogP contribution in [0.1, 0.15) is 32.6 Å². The number of hydrogen-bond acceptors (Lipinski definition) is 0. The summed E-state index contributed by atoms with van der Waals surface area (Å²) in [6.45, 7) is 2.13. The lowest BCUT2D eigenvalue weighted by Crippen LogP contribution is -2.12. The van der Waals surface area contributed by atoms with Crippen LogP contribution in [-0.2, 0) is 0 Å². The van der Waals surface area contributed by atoms with Crippen molar-refractivity contribution < 1.29 is 4.39 Å². The van der Waals surface area contributed by atoms with E-state index in [4.69, 9.17) is 0 Å². The fourth-order valence-electron chi connectivity index (χ4n) is 1.36. The summed E-state index contributed by atoms with van der Waals surface area (Å²) in [5.74, 6) is 0.638. The highest BCUT2D eigenvalue weighted by Crippen LogP contribution is 2.25. The predicted octanol–water partition coefficient (Wildman–Crippen LogP) is 2.53. The Morgan fingerprint density at radius 2 is 2.12 bits per heavy atom. The van der Waals surface area contributed by atoms with E-state index in [1.54, 1.807) is 0 Å². The summed E-state index contributed by atoms with van der Waals surface area (Å²) >= 11 is 0. The molecule has 2 atom stereocenters. The molecule has 1 rings (SSSR count). The maximum Gasteiger partial charge on any atom is 0.100 e. The first-order valence-corrected chi connectivity index (χ1v) is 3.43. The van der Waals surface area contributed by atoms with Crippen LogP contribution in [0.25, 0.3) is 0 Å². The van der Waals surface area contributed by atoms with E-state index in [1.165, 1.54) is 6.42 Å². The van der Waals surface area contributed by atoms with Gasteiger partial charge >= 0.3 is 0 Å². The third kappa shape index (κ3) is 1.46. The van der Waals surface area contributed by atoms with Gasteiger partial charge in [-0.25, -0.2) is 4.39 Å². The zero-order chi connectivity index (χ0) is 5.98. The molecule has 0 nitrogen and oxygen atoms in total. The van der Waals surface area contributed by atoms with Crippen molar-refractivity contribution in [3.63, 3.8) is 0 Å². The van der Waals surface area contributed by atoms with Crippen molar-refractivity contribution >= 4 is 0 Å². The van der Waals surface area contributed by atoms with Crippen LogP contribution in [-0.4, -0.2) is 6.17 Å². The van der Waals surface area contributed by atoms with Gasteiger partial charge in [0.2, 0.25) is 0 Å². The van der Waals surface area contributed by atoms with E-state index in [0.717, 1.165) is 19.3 Å². The molecule has 1 heteroatoms. The van der Waals surface area contributed by atoms with E-state index >= 15 is 0 Å². The van der Waals surface area contributed by atoms with Crippen molar-refractivity contribution in [3.8, 4) is 0 Å². The van der Waals surface area contributed by atoms with Crippen LogP contribution in [0.3, 0.4) is 0 Å². The molecule has 0 saturated heterocycles. The molecule has 0 aromatic heterocycles. The van der Waals surface area contributed by atoms with Gasteiger partial charge in [-0.05, 0) is 18.8 Å². The molecule has 0 radical (unpaired) electrons. The van der Waals surface area contributed by atoms with Crippen LogP contribution in [0.5, 0.6) is 0 Å².